The largest absolute Gasteiger partial charge is 0.436 e. The summed E-state index contributed by atoms with van der Waals surface area (Å²) in [5.74, 6) is 0.613. The number of carbonyl (C=O) groups excluding carboxylic acids is 1. The van der Waals surface area contributed by atoms with E-state index in [2.05, 4.69) is 4.98 Å². The molecule has 0 spiro atoms. The number of nitrogens with two attached hydrogens (primary N) is 1. The maximum absolute atomic E-state index is 12.4. The van der Waals surface area contributed by atoms with Crippen molar-refractivity contribution in [3.05, 3.63) is 48.0 Å². The predicted octanol–water partition coefficient (Wildman–Crippen LogP) is 4.31. The fraction of sp³-hybridized carbons (Fsp3) is 0.222. The number of anilines is 1. The number of nitrogens with zero attached hydrogens (tertiary/aromatic N) is 1. The molecule has 3 aromatic rings. The lowest BCUT2D eigenvalue weighted by Gasteiger charge is -2.16. The van der Waals surface area contributed by atoms with E-state index in [0.29, 0.717) is 28.2 Å². The molecular weight excluding hydrogens is 276 g/mol. The number of ketones is 1. The number of nitrogen functional groups attached to an aromatic ring is 1. The number of aromatic nitrogens is 1. The highest BCUT2D eigenvalue weighted by Crippen LogP contribution is 2.27. The highest BCUT2D eigenvalue weighted by molar-refractivity contribution is 6.02. The maximum Gasteiger partial charge on any atom is 0.227 e. The van der Waals surface area contributed by atoms with Gasteiger partial charge in [0.2, 0.25) is 5.89 Å². The smallest absolute Gasteiger partial charge is 0.227 e. The van der Waals surface area contributed by atoms with Crippen LogP contribution in [-0.4, -0.2) is 10.8 Å². The molecule has 1 aromatic heterocycles. The van der Waals surface area contributed by atoms with Crippen LogP contribution in [0.5, 0.6) is 0 Å². The Morgan fingerprint density at radius 2 is 1.77 bits per heavy atom. The Morgan fingerprint density at radius 1 is 1.09 bits per heavy atom. The molecule has 112 valence electrons. The van der Waals surface area contributed by atoms with E-state index in [1.807, 2.05) is 32.9 Å². The highest BCUT2D eigenvalue weighted by Gasteiger charge is 2.23. The first-order valence-corrected chi connectivity index (χ1v) is 7.16. The van der Waals surface area contributed by atoms with E-state index >= 15 is 0 Å². The molecule has 0 radical (unpaired) electrons. The molecule has 0 aliphatic heterocycles. The second-order valence-corrected chi connectivity index (χ2v) is 6.40. The summed E-state index contributed by atoms with van der Waals surface area (Å²) in [5, 5.41) is 0. The summed E-state index contributed by atoms with van der Waals surface area (Å²) in [5.41, 5.74) is 8.81. The van der Waals surface area contributed by atoms with Crippen LogP contribution in [0.3, 0.4) is 0 Å². The Morgan fingerprint density at radius 3 is 2.41 bits per heavy atom. The second kappa shape index (κ2) is 4.98. The SMILES string of the molecule is CC(C)(C)C(=O)c1ccc2oc(-c3ccc(N)cc3)nc2c1. The lowest BCUT2D eigenvalue weighted by atomic mass is 9.86. The number of fused-ring (bicyclic) bond motifs is 1. The lowest BCUT2D eigenvalue weighted by Crippen LogP contribution is -2.19. The molecule has 2 aromatic carbocycles. The molecule has 22 heavy (non-hydrogen) atoms. The van der Waals surface area contributed by atoms with Gasteiger partial charge in [-0.2, -0.15) is 0 Å². The molecule has 0 fully saturated rings. The number of carbonyl (C=O) groups is 1. The minimum atomic E-state index is -0.419. The van der Waals surface area contributed by atoms with E-state index in [1.165, 1.54) is 0 Å². The van der Waals surface area contributed by atoms with Crippen LogP contribution in [-0.2, 0) is 0 Å². The van der Waals surface area contributed by atoms with Crippen LogP contribution < -0.4 is 5.73 Å². The van der Waals surface area contributed by atoms with Crippen LogP contribution in [0.15, 0.2) is 46.9 Å². The quantitative estimate of drug-likeness (QED) is 0.565. The maximum atomic E-state index is 12.4. The number of Topliss-reactive ketones (excluding diaryl/α,β-unsaturated/α-hetero) is 1. The molecule has 0 atom stereocenters. The molecule has 1 heterocycles. The van der Waals surface area contributed by atoms with Crippen LogP contribution in [0.25, 0.3) is 22.6 Å². The molecule has 4 heteroatoms. The Hall–Kier alpha value is -2.62. The van der Waals surface area contributed by atoms with Crippen LogP contribution in [0.4, 0.5) is 5.69 Å². The van der Waals surface area contributed by atoms with E-state index < -0.39 is 5.41 Å². The summed E-state index contributed by atoms with van der Waals surface area (Å²) in [6.45, 7) is 5.71. The first kappa shape index (κ1) is 14.3. The average Bonchev–Trinajstić information content (AvgIpc) is 2.89. The molecule has 0 aliphatic rings. The number of hydrogen-bond donors (Lipinski definition) is 1. The zero-order chi connectivity index (χ0) is 15.9. The minimum Gasteiger partial charge on any atom is -0.436 e. The van der Waals surface area contributed by atoms with Crippen molar-refractivity contribution in [2.75, 3.05) is 5.73 Å². The Balaban J connectivity index is 2.04. The van der Waals surface area contributed by atoms with Crippen molar-refractivity contribution in [1.82, 2.24) is 4.98 Å². The van der Waals surface area contributed by atoms with E-state index in [4.69, 9.17) is 10.2 Å². The minimum absolute atomic E-state index is 0.0893. The number of oxazole rings is 1. The van der Waals surface area contributed by atoms with Crippen molar-refractivity contribution in [3.8, 4) is 11.5 Å². The van der Waals surface area contributed by atoms with Gasteiger partial charge in [0.05, 0.1) is 0 Å². The van der Waals surface area contributed by atoms with Crippen LogP contribution >= 0.6 is 0 Å². The second-order valence-electron chi connectivity index (χ2n) is 6.40. The fourth-order valence-electron chi connectivity index (χ4n) is 2.25. The molecule has 2 N–H and O–H groups in total. The molecule has 0 saturated carbocycles. The van der Waals surface area contributed by atoms with Gasteiger partial charge in [-0.15, -0.1) is 0 Å². The molecule has 0 unspecified atom stereocenters. The third-order valence-electron chi connectivity index (χ3n) is 3.49. The molecule has 0 bridgehead atoms. The summed E-state index contributed by atoms with van der Waals surface area (Å²) < 4.78 is 5.75. The summed E-state index contributed by atoms with van der Waals surface area (Å²) in [6.07, 6.45) is 0. The normalized spacial score (nSPS) is 11.8. The Bertz CT molecular complexity index is 840. The van der Waals surface area contributed by atoms with E-state index in [1.54, 1.807) is 30.3 Å². The standard InChI is InChI=1S/C18H18N2O2/c1-18(2,3)16(21)12-6-9-15-14(10-12)20-17(22-15)11-4-7-13(19)8-5-11/h4-10H,19H2,1-3H3. The number of hydrogen-bond acceptors (Lipinski definition) is 4. The van der Waals surface area contributed by atoms with Crippen molar-refractivity contribution in [3.63, 3.8) is 0 Å². The van der Waals surface area contributed by atoms with Gasteiger partial charge in [-0.1, -0.05) is 20.8 Å². The van der Waals surface area contributed by atoms with Gasteiger partial charge in [-0.05, 0) is 42.5 Å². The fourth-order valence-corrected chi connectivity index (χ4v) is 2.25. The molecular formula is C18H18N2O2. The van der Waals surface area contributed by atoms with Crippen molar-refractivity contribution in [2.45, 2.75) is 20.8 Å². The summed E-state index contributed by atoms with van der Waals surface area (Å²) in [4.78, 5) is 16.8. The molecule has 3 rings (SSSR count). The van der Waals surface area contributed by atoms with Crippen molar-refractivity contribution >= 4 is 22.6 Å². The van der Waals surface area contributed by atoms with Crippen molar-refractivity contribution in [1.29, 1.82) is 0 Å². The van der Waals surface area contributed by atoms with E-state index in [-0.39, 0.29) is 5.78 Å². The predicted molar refractivity (Wildman–Crippen MR) is 87.6 cm³/mol. The van der Waals surface area contributed by atoms with Crippen LogP contribution in [0.2, 0.25) is 0 Å². The number of rotatable bonds is 2. The monoisotopic (exact) mass is 294 g/mol. The van der Waals surface area contributed by atoms with Gasteiger partial charge < -0.3 is 10.2 Å². The first-order chi connectivity index (χ1) is 10.3. The Kier molecular flexibility index (Phi) is 3.24. The lowest BCUT2D eigenvalue weighted by molar-refractivity contribution is 0.0858. The van der Waals surface area contributed by atoms with Crippen molar-refractivity contribution < 1.29 is 9.21 Å². The Labute approximate surface area is 129 Å². The topological polar surface area (TPSA) is 69.1 Å². The van der Waals surface area contributed by atoms with Gasteiger partial charge in [0.15, 0.2) is 11.4 Å². The molecule has 0 aliphatic carbocycles. The van der Waals surface area contributed by atoms with Crippen LogP contribution in [0.1, 0.15) is 31.1 Å². The summed E-state index contributed by atoms with van der Waals surface area (Å²) in [7, 11) is 0. The van der Waals surface area contributed by atoms with Gasteiger partial charge in [-0.3, -0.25) is 4.79 Å². The summed E-state index contributed by atoms with van der Waals surface area (Å²) >= 11 is 0. The van der Waals surface area contributed by atoms with Gasteiger partial charge in [-0.25, -0.2) is 4.98 Å². The van der Waals surface area contributed by atoms with Crippen LogP contribution in [0, 0.1) is 5.41 Å². The van der Waals surface area contributed by atoms with Crippen molar-refractivity contribution in [2.24, 2.45) is 5.41 Å². The van der Waals surface area contributed by atoms with Gasteiger partial charge in [0.25, 0.3) is 0 Å². The van der Waals surface area contributed by atoms with E-state index in [0.717, 1.165) is 5.56 Å². The first-order valence-electron chi connectivity index (χ1n) is 7.16. The van der Waals surface area contributed by atoms with Gasteiger partial charge in [0.1, 0.15) is 5.52 Å². The third kappa shape index (κ3) is 2.60. The number of benzene rings is 2. The third-order valence-corrected chi connectivity index (χ3v) is 3.49. The molecule has 0 amide bonds. The average molecular weight is 294 g/mol. The van der Waals surface area contributed by atoms with Gasteiger partial charge >= 0.3 is 0 Å². The van der Waals surface area contributed by atoms with Gasteiger partial charge in [0, 0.05) is 22.2 Å². The van der Waals surface area contributed by atoms with E-state index in [9.17, 15) is 4.79 Å². The molecule has 0 saturated heterocycles. The summed E-state index contributed by atoms with van der Waals surface area (Å²) in [6, 6.07) is 12.7. The highest BCUT2D eigenvalue weighted by atomic mass is 16.3. The zero-order valence-electron chi connectivity index (χ0n) is 12.9. The zero-order valence-corrected chi connectivity index (χ0v) is 12.9. The molecule has 4 nitrogen and oxygen atoms in total.